The van der Waals surface area contributed by atoms with E-state index in [9.17, 15) is 24.0 Å². The average molecular weight is 478 g/mol. The summed E-state index contributed by atoms with van der Waals surface area (Å²) in [6, 6.07) is 5.81. The zero-order chi connectivity index (χ0) is 24.1. The molecule has 0 atom stereocenters. The molecule has 1 aliphatic heterocycles. The second-order valence-electron chi connectivity index (χ2n) is 8.18. The Morgan fingerprint density at radius 1 is 1.21 bits per heavy atom. The zero-order valence-electron chi connectivity index (χ0n) is 18.1. The molecule has 0 aliphatic carbocycles. The van der Waals surface area contributed by atoms with E-state index in [-0.39, 0.29) is 40.5 Å². The number of nitrogen functional groups attached to an aromatic ring is 1. The predicted molar refractivity (Wildman–Crippen MR) is 128 cm³/mol. The number of ketones is 1. The van der Waals surface area contributed by atoms with Crippen LogP contribution in [-0.2, 0) is 19.5 Å². The Morgan fingerprint density at radius 2 is 2.00 bits per heavy atom. The van der Waals surface area contributed by atoms with E-state index in [2.05, 4.69) is 15.3 Å². The van der Waals surface area contributed by atoms with Crippen molar-refractivity contribution < 1.29 is 9.59 Å². The predicted octanol–water partition coefficient (Wildman–Crippen LogP) is 0.858. The van der Waals surface area contributed by atoms with Crippen molar-refractivity contribution in [1.82, 2.24) is 15.3 Å². The van der Waals surface area contributed by atoms with Gasteiger partial charge in [-0.05, 0) is 30.0 Å². The largest absolute Gasteiger partial charge is 0.394 e. The molecule has 11 heteroatoms. The fourth-order valence-electron chi connectivity index (χ4n) is 4.20. The summed E-state index contributed by atoms with van der Waals surface area (Å²) < 4.78 is 0. The van der Waals surface area contributed by atoms with Crippen molar-refractivity contribution >= 4 is 44.6 Å². The van der Waals surface area contributed by atoms with Gasteiger partial charge in [-0.25, -0.2) is 4.98 Å². The molecule has 1 aliphatic rings. The number of amides is 1. The minimum absolute atomic E-state index is 0.0106. The molecule has 0 saturated heterocycles. The average Bonchev–Trinajstić information content (AvgIpc) is 3.27. The third-order valence-corrected chi connectivity index (χ3v) is 6.88. The van der Waals surface area contributed by atoms with Crippen molar-refractivity contribution in [2.75, 3.05) is 17.2 Å². The lowest BCUT2D eigenvalue weighted by atomic mass is 9.96. The van der Waals surface area contributed by atoms with E-state index in [1.165, 1.54) is 6.92 Å². The van der Waals surface area contributed by atoms with Crippen molar-refractivity contribution in [2.45, 2.75) is 26.4 Å². The van der Waals surface area contributed by atoms with Gasteiger partial charge in [-0.3, -0.25) is 24.0 Å². The molecule has 2 aromatic carbocycles. The summed E-state index contributed by atoms with van der Waals surface area (Å²) in [5.74, 6) is -0.921. The minimum atomic E-state index is -0.637. The van der Waals surface area contributed by atoms with Crippen molar-refractivity contribution in [3.8, 4) is 0 Å². The van der Waals surface area contributed by atoms with Crippen LogP contribution in [0.1, 0.15) is 44.6 Å². The Balaban J connectivity index is 1.32. The monoisotopic (exact) mass is 477 g/mol. The van der Waals surface area contributed by atoms with Crippen LogP contribution in [0.4, 0.5) is 11.4 Å². The van der Waals surface area contributed by atoms with Gasteiger partial charge in [-0.15, -0.1) is 11.3 Å². The van der Waals surface area contributed by atoms with Crippen LogP contribution in [0.5, 0.6) is 0 Å². The van der Waals surface area contributed by atoms with Gasteiger partial charge in [0.25, 0.3) is 22.3 Å². The number of fused-ring (bicyclic) bond motifs is 2. The highest BCUT2D eigenvalue weighted by Crippen LogP contribution is 2.26. The summed E-state index contributed by atoms with van der Waals surface area (Å²) in [5, 5.41) is 4.49. The van der Waals surface area contributed by atoms with E-state index < -0.39 is 22.3 Å². The zero-order valence-corrected chi connectivity index (χ0v) is 18.9. The second-order valence-corrected chi connectivity index (χ2v) is 9.04. The number of nitrogens with two attached hydrogens (primary N) is 1. The topological polar surface area (TPSA) is 155 Å². The maximum absolute atomic E-state index is 12.6. The highest BCUT2D eigenvalue weighted by atomic mass is 32.1. The van der Waals surface area contributed by atoms with Crippen molar-refractivity contribution in [2.24, 2.45) is 0 Å². The number of thiophene rings is 1. The fraction of sp³-hybridized carbons (Fsp3) is 0.217. The third-order valence-electron chi connectivity index (χ3n) is 6.01. The number of nitrogens with one attached hydrogen (secondary N) is 2. The number of carbonyl (C=O) groups excluding carboxylic acids is 2. The smallest absolute Gasteiger partial charge is 0.287 e. The lowest BCUT2D eigenvalue weighted by Gasteiger charge is -2.32. The first kappa shape index (κ1) is 21.7. The standard InChI is InChI=1S/C23H19N5O5S/c1-10(29)14-9-34-23-15(14)21(32)26-20(27-23)22(33)25-7-11-2-3-12-4-5-28(8-13(12)6-11)17-16(24)18(30)19(17)31/h2-3,6,9H,4-5,7-8,24H2,1H3,(H,25,33)(H,26,27,32). The molecule has 1 amide bonds. The number of rotatable bonds is 5. The van der Waals surface area contributed by atoms with Gasteiger partial charge in [0.2, 0.25) is 5.82 Å². The van der Waals surface area contributed by atoms with Crippen molar-refractivity contribution in [1.29, 1.82) is 0 Å². The Morgan fingerprint density at radius 3 is 2.74 bits per heavy atom. The number of H-pyrrole nitrogens is 1. The minimum Gasteiger partial charge on any atom is -0.394 e. The third kappa shape index (κ3) is 3.50. The van der Waals surface area contributed by atoms with Crippen LogP contribution >= 0.6 is 11.3 Å². The Kier molecular flexibility index (Phi) is 5.13. The Hall–Kier alpha value is -4.12. The van der Waals surface area contributed by atoms with E-state index in [0.717, 1.165) is 28.0 Å². The number of hydrogen-bond acceptors (Lipinski definition) is 9. The maximum atomic E-state index is 12.6. The Bertz CT molecular complexity index is 1630. The van der Waals surface area contributed by atoms with Gasteiger partial charge >= 0.3 is 0 Å². The maximum Gasteiger partial charge on any atom is 0.287 e. The van der Waals surface area contributed by atoms with Gasteiger partial charge in [-0.2, -0.15) is 0 Å². The van der Waals surface area contributed by atoms with Crippen molar-refractivity contribution in [3.05, 3.63) is 82.5 Å². The fourth-order valence-corrected chi connectivity index (χ4v) is 5.18. The number of hydrogen-bond donors (Lipinski definition) is 3. The van der Waals surface area contributed by atoms with Gasteiger partial charge in [0.15, 0.2) is 5.78 Å². The number of carbonyl (C=O) groups is 2. The normalized spacial score (nSPS) is 13.3. The summed E-state index contributed by atoms with van der Waals surface area (Å²) >= 11 is 1.13. The van der Waals surface area contributed by atoms with Gasteiger partial charge < -0.3 is 20.9 Å². The molecule has 4 N–H and O–H groups in total. The summed E-state index contributed by atoms with van der Waals surface area (Å²) in [4.78, 5) is 68.9. The van der Waals surface area contributed by atoms with Gasteiger partial charge in [0.05, 0.1) is 5.39 Å². The van der Waals surface area contributed by atoms with Crippen LogP contribution in [0.2, 0.25) is 0 Å². The van der Waals surface area contributed by atoms with Gasteiger partial charge in [0, 0.05) is 30.6 Å². The molecule has 10 nitrogen and oxygen atoms in total. The first-order chi connectivity index (χ1) is 16.2. The molecule has 34 heavy (non-hydrogen) atoms. The molecule has 172 valence electrons. The molecular weight excluding hydrogens is 458 g/mol. The molecule has 2 aromatic heterocycles. The lowest BCUT2D eigenvalue weighted by Crippen LogP contribution is -2.44. The van der Waals surface area contributed by atoms with Crippen LogP contribution in [-0.4, -0.2) is 28.2 Å². The number of benzene rings is 1. The van der Waals surface area contributed by atoms with E-state index in [1.54, 1.807) is 5.38 Å². The number of nitrogens with zero attached hydrogens (tertiary/aromatic N) is 2. The van der Waals surface area contributed by atoms with Crippen LogP contribution in [0.3, 0.4) is 0 Å². The number of aromatic nitrogens is 2. The van der Waals surface area contributed by atoms with Crippen LogP contribution in [0.25, 0.3) is 10.2 Å². The van der Waals surface area contributed by atoms with Gasteiger partial charge in [0.1, 0.15) is 16.2 Å². The summed E-state index contributed by atoms with van der Waals surface area (Å²) in [6.07, 6.45) is 0.703. The van der Waals surface area contributed by atoms with Crippen LogP contribution in [0, 0.1) is 0 Å². The highest BCUT2D eigenvalue weighted by Gasteiger charge is 2.27. The molecule has 4 aromatic rings. The van der Waals surface area contributed by atoms with E-state index in [0.29, 0.717) is 24.3 Å². The van der Waals surface area contributed by atoms with E-state index in [4.69, 9.17) is 5.73 Å². The molecule has 0 saturated carbocycles. The molecule has 0 spiro atoms. The summed E-state index contributed by atoms with van der Waals surface area (Å²) in [6.45, 7) is 2.59. The first-order valence-electron chi connectivity index (χ1n) is 10.5. The summed E-state index contributed by atoms with van der Waals surface area (Å²) in [7, 11) is 0. The lowest BCUT2D eigenvalue weighted by molar-refractivity contribution is 0.0940. The first-order valence-corrected chi connectivity index (χ1v) is 11.4. The molecule has 0 fully saturated rings. The number of anilines is 2. The molecular formula is C23H19N5O5S. The molecule has 3 heterocycles. The molecule has 5 rings (SSSR count). The van der Waals surface area contributed by atoms with Gasteiger partial charge in [-0.1, -0.05) is 18.2 Å². The van der Waals surface area contributed by atoms with Crippen molar-refractivity contribution in [3.63, 3.8) is 0 Å². The van der Waals surface area contributed by atoms with Crippen LogP contribution in [0.15, 0.2) is 38.0 Å². The number of Topliss-reactive ketones (excluding diaryl/α,β-unsaturated/α-hetero) is 1. The van der Waals surface area contributed by atoms with E-state index >= 15 is 0 Å². The van der Waals surface area contributed by atoms with E-state index in [1.807, 2.05) is 23.1 Å². The molecule has 0 radical (unpaired) electrons. The number of aromatic amines is 1. The highest BCUT2D eigenvalue weighted by molar-refractivity contribution is 7.17. The SMILES string of the molecule is CC(=O)c1csc2nc(C(=O)NCc3ccc4c(c3)CN(c3c(N)c(=O)c3=O)CC4)[nH]c(=O)c12. The second kappa shape index (κ2) is 8.03. The molecule has 0 unspecified atom stereocenters. The quantitative estimate of drug-likeness (QED) is 0.282. The van der Waals surface area contributed by atoms with Crippen LogP contribution < -0.4 is 32.4 Å². The Labute approximate surface area is 195 Å². The summed E-state index contributed by atoms with van der Waals surface area (Å²) in [5.41, 5.74) is 7.49. The molecule has 0 bridgehead atoms.